The Balaban J connectivity index is 1.91. The Morgan fingerprint density at radius 2 is 2.00 bits per heavy atom. The summed E-state index contributed by atoms with van der Waals surface area (Å²) in [6.45, 7) is 0. The maximum absolute atomic E-state index is 4.64. The van der Waals surface area contributed by atoms with Crippen molar-refractivity contribution in [2.75, 3.05) is 11.9 Å². The summed E-state index contributed by atoms with van der Waals surface area (Å²) >= 11 is 3.47. The summed E-state index contributed by atoms with van der Waals surface area (Å²) in [5.74, 6) is 2.71. The zero-order chi connectivity index (χ0) is 10.4. The van der Waals surface area contributed by atoms with Gasteiger partial charge in [-0.1, -0.05) is 0 Å². The van der Waals surface area contributed by atoms with E-state index in [9.17, 15) is 0 Å². The number of nitrogens with zero attached hydrogens (tertiary/aromatic N) is 3. The molecule has 2 saturated carbocycles. The smallest absolute Gasteiger partial charge is 0.135 e. The van der Waals surface area contributed by atoms with Crippen LogP contribution in [0, 0.1) is 0 Å². The standard InChI is InChI=1S/C11H14BrN3/c1-15(8-4-5-8)10-6-9(12)13-11(14-10)7-2-3-7/h6-8H,2-5H2,1H3. The Hall–Kier alpha value is -0.640. The van der Waals surface area contributed by atoms with Crippen LogP contribution < -0.4 is 4.90 Å². The highest BCUT2D eigenvalue weighted by Crippen LogP contribution is 2.39. The molecule has 0 amide bonds. The van der Waals surface area contributed by atoms with E-state index >= 15 is 0 Å². The van der Waals surface area contributed by atoms with Crippen LogP contribution in [0.3, 0.4) is 0 Å². The molecule has 0 saturated heterocycles. The number of hydrogen-bond donors (Lipinski definition) is 0. The first-order valence-corrected chi connectivity index (χ1v) is 6.30. The molecule has 2 aliphatic carbocycles. The van der Waals surface area contributed by atoms with E-state index in [1.165, 1.54) is 25.7 Å². The predicted molar refractivity (Wildman–Crippen MR) is 63.1 cm³/mol. The predicted octanol–water partition coefficient (Wildman–Crippen LogP) is 2.72. The van der Waals surface area contributed by atoms with Crippen molar-refractivity contribution in [1.29, 1.82) is 0 Å². The number of anilines is 1. The molecule has 0 unspecified atom stereocenters. The summed E-state index contributed by atoms with van der Waals surface area (Å²) in [6.07, 6.45) is 5.11. The van der Waals surface area contributed by atoms with E-state index in [0.717, 1.165) is 16.2 Å². The molecule has 15 heavy (non-hydrogen) atoms. The van der Waals surface area contributed by atoms with Crippen molar-refractivity contribution in [3.63, 3.8) is 0 Å². The van der Waals surface area contributed by atoms with Gasteiger partial charge in [-0.2, -0.15) is 0 Å². The highest BCUT2D eigenvalue weighted by Gasteiger charge is 2.30. The van der Waals surface area contributed by atoms with Gasteiger partial charge in [0.15, 0.2) is 0 Å². The number of hydrogen-bond acceptors (Lipinski definition) is 3. The topological polar surface area (TPSA) is 29.0 Å². The molecule has 1 aromatic heterocycles. The van der Waals surface area contributed by atoms with Crippen molar-refractivity contribution >= 4 is 21.7 Å². The molecule has 3 rings (SSSR count). The fraction of sp³-hybridized carbons (Fsp3) is 0.636. The van der Waals surface area contributed by atoms with Gasteiger partial charge in [0.1, 0.15) is 16.2 Å². The van der Waals surface area contributed by atoms with E-state index in [2.05, 4.69) is 37.8 Å². The van der Waals surface area contributed by atoms with Crippen molar-refractivity contribution in [2.24, 2.45) is 0 Å². The summed E-state index contributed by atoms with van der Waals surface area (Å²) < 4.78 is 0.918. The van der Waals surface area contributed by atoms with Crippen LogP contribution in [-0.2, 0) is 0 Å². The van der Waals surface area contributed by atoms with Gasteiger partial charge in [0, 0.05) is 25.1 Å². The third-order valence-corrected chi connectivity index (χ3v) is 3.50. The molecule has 0 aliphatic heterocycles. The molecule has 0 N–H and O–H groups in total. The molecule has 2 aliphatic rings. The maximum atomic E-state index is 4.64. The molecule has 0 radical (unpaired) electrons. The van der Waals surface area contributed by atoms with E-state index < -0.39 is 0 Å². The molecule has 3 nitrogen and oxygen atoms in total. The molecular formula is C11H14BrN3. The lowest BCUT2D eigenvalue weighted by Crippen LogP contribution is -2.21. The van der Waals surface area contributed by atoms with Gasteiger partial charge in [-0.25, -0.2) is 9.97 Å². The van der Waals surface area contributed by atoms with Crippen LogP contribution in [0.2, 0.25) is 0 Å². The normalized spacial score (nSPS) is 20.4. The Morgan fingerprint density at radius 1 is 1.27 bits per heavy atom. The molecule has 80 valence electrons. The Bertz CT molecular complexity index is 385. The van der Waals surface area contributed by atoms with Crippen LogP contribution in [0.15, 0.2) is 10.7 Å². The van der Waals surface area contributed by atoms with Crippen molar-refractivity contribution < 1.29 is 0 Å². The van der Waals surface area contributed by atoms with Gasteiger partial charge in [-0.3, -0.25) is 0 Å². The lowest BCUT2D eigenvalue weighted by atomic mass is 10.4. The number of rotatable bonds is 3. The third kappa shape index (κ3) is 2.00. The quantitative estimate of drug-likeness (QED) is 0.789. The van der Waals surface area contributed by atoms with E-state index in [1.807, 2.05) is 6.07 Å². The number of aromatic nitrogens is 2. The van der Waals surface area contributed by atoms with Crippen molar-refractivity contribution in [3.05, 3.63) is 16.5 Å². The van der Waals surface area contributed by atoms with Crippen LogP contribution in [0.1, 0.15) is 37.4 Å². The third-order valence-electron chi connectivity index (χ3n) is 3.10. The van der Waals surface area contributed by atoms with Crippen LogP contribution in [-0.4, -0.2) is 23.1 Å². The molecule has 0 spiro atoms. The second kappa shape index (κ2) is 3.44. The minimum atomic E-state index is 0.619. The van der Waals surface area contributed by atoms with E-state index in [-0.39, 0.29) is 0 Å². The largest absolute Gasteiger partial charge is 0.357 e. The Labute approximate surface area is 98.0 Å². The Morgan fingerprint density at radius 3 is 2.60 bits per heavy atom. The average Bonchev–Trinajstić information content (AvgIpc) is 3.04. The molecule has 1 aromatic rings. The minimum Gasteiger partial charge on any atom is -0.357 e. The molecule has 0 bridgehead atoms. The summed E-state index contributed by atoms with van der Waals surface area (Å²) in [6, 6.07) is 2.73. The molecule has 2 fully saturated rings. The fourth-order valence-corrected chi connectivity index (χ4v) is 2.16. The minimum absolute atomic E-state index is 0.619. The first kappa shape index (κ1) is 9.58. The van der Waals surface area contributed by atoms with Gasteiger partial charge in [-0.15, -0.1) is 0 Å². The van der Waals surface area contributed by atoms with Crippen LogP contribution in [0.5, 0.6) is 0 Å². The second-order valence-electron chi connectivity index (χ2n) is 4.52. The molecule has 0 atom stereocenters. The second-order valence-corrected chi connectivity index (χ2v) is 5.34. The SMILES string of the molecule is CN(c1cc(Br)nc(C2CC2)n1)C1CC1. The van der Waals surface area contributed by atoms with Crippen molar-refractivity contribution in [1.82, 2.24) is 9.97 Å². The molecule has 4 heteroatoms. The highest BCUT2D eigenvalue weighted by atomic mass is 79.9. The van der Waals surface area contributed by atoms with Gasteiger partial charge in [-0.05, 0) is 41.6 Å². The van der Waals surface area contributed by atoms with Crippen LogP contribution >= 0.6 is 15.9 Å². The van der Waals surface area contributed by atoms with Gasteiger partial charge < -0.3 is 4.90 Å². The van der Waals surface area contributed by atoms with Gasteiger partial charge in [0.2, 0.25) is 0 Å². The summed E-state index contributed by atoms with van der Waals surface area (Å²) in [5, 5.41) is 0. The maximum Gasteiger partial charge on any atom is 0.135 e. The molecule has 0 aromatic carbocycles. The lowest BCUT2D eigenvalue weighted by Gasteiger charge is -2.18. The highest BCUT2D eigenvalue weighted by molar-refractivity contribution is 9.10. The van der Waals surface area contributed by atoms with E-state index in [0.29, 0.717) is 12.0 Å². The fourth-order valence-electron chi connectivity index (χ4n) is 1.78. The molecule has 1 heterocycles. The van der Waals surface area contributed by atoms with Gasteiger partial charge in [0.05, 0.1) is 0 Å². The van der Waals surface area contributed by atoms with Crippen molar-refractivity contribution in [3.8, 4) is 0 Å². The summed E-state index contributed by atoms with van der Waals surface area (Å²) in [5.41, 5.74) is 0. The van der Waals surface area contributed by atoms with Crippen molar-refractivity contribution in [2.45, 2.75) is 37.6 Å². The van der Waals surface area contributed by atoms with Crippen LogP contribution in [0.25, 0.3) is 0 Å². The first-order valence-electron chi connectivity index (χ1n) is 5.51. The lowest BCUT2D eigenvalue weighted by molar-refractivity contribution is 0.845. The summed E-state index contributed by atoms with van der Waals surface area (Å²) in [4.78, 5) is 11.4. The summed E-state index contributed by atoms with van der Waals surface area (Å²) in [7, 11) is 2.13. The zero-order valence-electron chi connectivity index (χ0n) is 8.78. The van der Waals surface area contributed by atoms with E-state index in [4.69, 9.17) is 0 Å². The Kier molecular flexibility index (Phi) is 2.20. The van der Waals surface area contributed by atoms with Crippen LogP contribution in [0.4, 0.5) is 5.82 Å². The van der Waals surface area contributed by atoms with Gasteiger partial charge in [0.25, 0.3) is 0 Å². The molecular weight excluding hydrogens is 254 g/mol. The number of halogens is 1. The van der Waals surface area contributed by atoms with Gasteiger partial charge >= 0.3 is 0 Å². The van der Waals surface area contributed by atoms with E-state index in [1.54, 1.807) is 0 Å². The zero-order valence-corrected chi connectivity index (χ0v) is 10.4. The monoisotopic (exact) mass is 267 g/mol. The first-order chi connectivity index (χ1) is 7.24. The average molecular weight is 268 g/mol.